The van der Waals surface area contributed by atoms with Crippen molar-refractivity contribution in [2.45, 2.75) is 19.8 Å². The summed E-state index contributed by atoms with van der Waals surface area (Å²) in [6.07, 6.45) is 3.30. The van der Waals surface area contributed by atoms with Gasteiger partial charge in [-0.25, -0.2) is 0 Å². The Hall–Kier alpha value is -2.96. The van der Waals surface area contributed by atoms with Gasteiger partial charge in [0.25, 0.3) is 5.91 Å². The molecule has 0 aromatic carbocycles. The molecule has 0 aliphatic carbocycles. The van der Waals surface area contributed by atoms with Crippen molar-refractivity contribution in [1.29, 1.82) is 0 Å². The fourth-order valence-electron chi connectivity index (χ4n) is 2.31. The maximum Gasteiger partial charge on any atom is 0.287 e. The molecule has 0 spiro atoms. The number of amides is 1. The van der Waals surface area contributed by atoms with Gasteiger partial charge in [0, 0.05) is 31.3 Å². The second-order valence-electron chi connectivity index (χ2n) is 5.17. The van der Waals surface area contributed by atoms with Crippen LogP contribution in [-0.2, 0) is 6.42 Å². The molecular weight excluding hydrogens is 296 g/mol. The van der Waals surface area contributed by atoms with E-state index in [-0.39, 0.29) is 11.2 Å². The summed E-state index contributed by atoms with van der Waals surface area (Å²) < 4.78 is 7.16. The molecule has 0 saturated carbocycles. The Morgan fingerprint density at radius 2 is 2.17 bits per heavy atom. The molecule has 7 heteroatoms. The molecule has 0 saturated heterocycles. The first kappa shape index (κ1) is 15.0. The number of pyridine rings is 1. The van der Waals surface area contributed by atoms with Crippen LogP contribution in [-0.4, -0.2) is 27.0 Å². The number of carbonyl (C=O) groups excluding carboxylic acids is 1. The van der Waals surface area contributed by atoms with Crippen molar-refractivity contribution in [3.63, 3.8) is 0 Å². The maximum atomic E-state index is 11.9. The molecule has 0 bridgehead atoms. The average molecular weight is 312 g/mol. The fourth-order valence-corrected chi connectivity index (χ4v) is 2.31. The SMILES string of the molecule is Cc1cc(=O)cc(C(=O)NCCCc2nnc3ccccn23)o1. The largest absolute Gasteiger partial charge is 0.456 e. The first-order valence-corrected chi connectivity index (χ1v) is 7.32. The summed E-state index contributed by atoms with van der Waals surface area (Å²) in [5, 5.41) is 10.9. The molecule has 3 heterocycles. The first-order chi connectivity index (χ1) is 11.1. The lowest BCUT2D eigenvalue weighted by Crippen LogP contribution is -2.26. The Balaban J connectivity index is 1.55. The topological polar surface area (TPSA) is 89.5 Å². The summed E-state index contributed by atoms with van der Waals surface area (Å²) in [5.74, 6) is 0.898. The summed E-state index contributed by atoms with van der Waals surface area (Å²) in [6, 6.07) is 8.24. The number of hydrogen-bond donors (Lipinski definition) is 1. The fraction of sp³-hybridized carbons (Fsp3) is 0.250. The third-order valence-electron chi connectivity index (χ3n) is 3.36. The Bertz CT molecular complexity index is 897. The summed E-state index contributed by atoms with van der Waals surface area (Å²) >= 11 is 0. The van der Waals surface area contributed by atoms with Crippen molar-refractivity contribution in [2.24, 2.45) is 0 Å². The second kappa shape index (κ2) is 6.43. The van der Waals surface area contributed by atoms with Crippen LogP contribution in [0, 0.1) is 6.92 Å². The van der Waals surface area contributed by atoms with Gasteiger partial charge in [0.05, 0.1) is 0 Å². The van der Waals surface area contributed by atoms with E-state index in [0.717, 1.165) is 11.5 Å². The maximum absolute atomic E-state index is 11.9. The molecule has 0 aliphatic rings. The number of carbonyl (C=O) groups is 1. The van der Waals surface area contributed by atoms with Crippen molar-refractivity contribution in [3.05, 3.63) is 64.1 Å². The van der Waals surface area contributed by atoms with E-state index in [9.17, 15) is 9.59 Å². The summed E-state index contributed by atoms with van der Waals surface area (Å²) in [6.45, 7) is 2.09. The predicted molar refractivity (Wildman–Crippen MR) is 83.4 cm³/mol. The zero-order valence-electron chi connectivity index (χ0n) is 12.7. The third-order valence-corrected chi connectivity index (χ3v) is 3.36. The molecule has 23 heavy (non-hydrogen) atoms. The molecule has 0 unspecified atom stereocenters. The van der Waals surface area contributed by atoms with Crippen LogP contribution in [0.2, 0.25) is 0 Å². The molecule has 0 fully saturated rings. The van der Waals surface area contributed by atoms with Gasteiger partial charge in [-0.3, -0.25) is 14.0 Å². The van der Waals surface area contributed by atoms with Crippen molar-refractivity contribution >= 4 is 11.6 Å². The number of nitrogens with zero attached hydrogens (tertiary/aromatic N) is 3. The number of nitrogens with one attached hydrogen (secondary N) is 1. The molecule has 3 rings (SSSR count). The lowest BCUT2D eigenvalue weighted by atomic mass is 10.3. The number of rotatable bonds is 5. The van der Waals surface area contributed by atoms with E-state index in [1.165, 1.54) is 12.1 Å². The highest BCUT2D eigenvalue weighted by molar-refractivity contribution is 5.91. The number of aryl methyl sites for hydroxylation is 2. The van der Waals surface area contributed by atoms with E-state index in [1.54, 1.807) is 6.92 Å². The Labute approximate surface area is 132 Å². The predicted octanol–water partition coefficient (Wildman–Crippen LogP) is 1.35. The molecule has 3 aromatic rings. The summed E-state index contributed by atoms with van der Waals surface area (Å²) in [4.78, 5) is 23.3. The van der Waals surface area contributed by atoms with E-state index >= 15 is 0 Å². The van der Waals surface area contributed by atoms with Crippen LogP contribution in [0.3, 0.4) is 0 Å². The van der Waals surface area contributed by atoms with Gasteiger partial charge in [-0.1, -0.05) is 6.07 Å². The summed E-state index contributed by atoms with van der Waals surface area (Å²) in [7, 11) is 0. The Kier molecular flexibility index (Phi) is 4.18. The minimum absolute atomic E-state index is 0.0305. The minimum Gasteiger partial charge on any atom is -0.456 e. The highest BCUT2D eigenvalue weighted by Gasteiger charge is 2.10. The number of hydrogen-bond acceptors (Lipinski definition) is 5. The molecule has 7 nitrogen and oxygen atoms in total. The first-order valence-electron chi connectivity index (χ1n) is 7.32. The third kappa shape index (κ3) is 3.45. The van der Waals surface area contributed by atoms with Crippen LogP contribution in [0.1, 0.15) is 28.6 Å². The van der Waals surface area contributed by atoms with Gasteiger partial charge in [0.2, 0.25) is 0 Å². The van der Waals surface area contributed by atoms with Crippen LogP contribution in [0.4, 0.5) is 0 Å². The van der Waals surface area contributed by atoms with E-state index in [1.807, 2.05) is 28.8 Å². The molecular formula is C16H16N4O3. The van der Waals surface area contributed by atoms with Crippen molar-refractivity contribution in [1.82, 2.24) is 19.9 Å². The Morgan fingerprint density at radius 1 is 1.30 bits per heavy atom. The quantitative estimate of drug-likeness (QED) is 0.718. The lowest BCUT2D eigenvalue weighted by molar-refractivity contribution is 0.0921. The Morgan fingerprint density at radius 3 is 3.00 bits per heavy atom. The van der Waals surface area contributed by atoms with Gasteiger partial charge in [-0.2, -0.15) is 0 Å². The van der Waals surface area contributed by atoms with Crippen molar-refractivity contribution in [3.8, 4) is 0 Å². The molecule has 3 aromatic heterocycles. The van der Waals surface area contributed by atoms with Gasteiger partial charge < -0.3 is 9.73 Å². The lowest BCUT2D eigenvalue weighted by Gasteiger charge is -2.04. The van der Waals surface area contributed by atoms with E-state index in [0.29, 0.717) is 25.1 Å². The zero-order valence-corrected chi connectivity index (χ0v) is 12.7. The van der Waals surface area contributed by atoms with Crippen molar-refractivity contribution in [2.75, 3.05) is 6.54 Å². The smallest absolute Gasteiger partial charge is 0.287 e. The minimum atomic E-state index is -0.392. The van der Waals surface area contributed by atoms with Gasteiger partial charge in [0.15, 0.2) is 16.8 Å². The van der Waals surface area contributed by atoms with Gasteiger partial charge in [-0.15, -0.1) is 10.2 Å². The molecule has 1 N–H and O–H groups in total. The second-order valence-corrected chi connectivity index (χ2v) is 5.17. The van der Waals surface area contributed by atoms with Crippen molar-refractivity contribution < 1.29 is 9.21 Å². The molecule has 0 atom stereocenters. The summed E-state index contributed by atoms with van der Waals surface area (Å²) in [5.41, 5.74) is 0.557. The zero-order chi connectivity index (χ0) is 16.2. The van der Waals surface area contributed by atoms with E-state index in [4.69, 9.17) is 4.42 Å². The highest BCUT2D eigenvalue weighted by Crippen LogP contribution is 2.05. The number of aromatic nitrogens is 3. The molecule has 118 valence electrons. The number of fused-ring (bicyclic) bond motifs is 1. The molecule has 0 aliphatic heterocycles. The van der Waals surface area contributed by atoms with Crippen LogP contribution in [0.25, 0.3) is 5.65 Å². The van der Waals surface area contributed by atoms with Crippen LogP contribution in [0.5, 0.6) is 0 Å². The van der Waals surface area contributed by atoms with Crippen LogP contribution >= 0.6 is 0 Å². The monoisotopic (exact) mass is 312 g/mol. The van der Waals surface area contributed by atoms with E-state index < -0.39 is 5.91 Å². The van der Waals surface area contributed by atoms with Gasteiger partial charge in [-0.05, 0) is 25.5 Å². The van der Waals surface area contributed by atoms with E-state index in [2.05, 4.69) is 15.5 Å². The molecule has 1 amide bonds. The normalized spacial score (nSPS) is 10.8. The van der Waals surface area contributed by atoms with Crippen LogP contribution < -0.4 is 10.7 Å². The van der Waals surface area contributed by atoms with Gasteiger partial charge in [0.1, 0.15) is 11.6 Å². The van der Waals surface area contributed by atoms with Gasteiger partial charge >= 0.3 is 0 Å². The van der Waals surface area contributed by atoms with Crippen LogP contribution in [0.15, 0.2) is 45.7 Å². The molecule has 0 radical (unpaired) electrons. The average Bonchev–Trinajstić information content (AvgIpc) is 2.94. The standard InChI is InChI=1S/C16H16N4O3/c1-11-9-12(21)10-13(23-11)16(22)17-7-4-6-15-19-18-14-5-2-3-8-20(14)15/h2-3,5,8-10H,4,6-7H2,1H3,(H,17,22). The highest BCUT2D eigenvalue weighted by atomic mass is 16.3.